The molecule has 2 fully saturated rings. The largest absolute Gasteiger partial charge is 0.337 e. The first-order chi connectivity index (χ1) is 7.08. The Labute approximate surface area is 90.0 Å². The van der Waals surface area contributed by atoms with E-state index < -0.39 is 5.41 Å². The summed E-state index contributed by atoms with van der Waals surface area (Å²) in [7, 11) is 0. The number of rotatable bonds is 2. The summed E-state index contributed by atoms with van der Waals surface area (Å²) in [6.45, 7) is 4.40. The smallest absolute Gasteiger partial charge is 0.324 e. The van der Waals surface area contributed by atoms with E-state index in [-0.39, 0.29) is 18.0 Å². The lowest BCUT2D eigenvalue weighted by Crippen LogP contribution is -2.63. The summed E-state index contributed by atoms with van der Waals surface area (Å²) in [5.41, 5.74) is -0.399. The van der Waals surface area contributed by atoms with E-state index in [9.17, 15) is 9.59 Å². The Bertz CT molecular complexity index is 299. The molecule has 3 amide bonds. The van der Waals surface area contributed by atoms with Crippen molar-refractivity contribution in [2.75, 3.05) is 6.54 Å². The lowest BCUT2D eigenvalue weighted by Gasteiger charge is -2.44. The number of amides is 3. The summed E-state index contributed by atoms with van der Waals surface area (Å²) in [6.07, 6.45) is 3.85. The Balaban J connectivity index is 2.19. The molecule has 2 aliphatic rings. The van der Waals surface area contributed by atoms with Gasteiger partial charge in [0.25, 0.3) is 0 Å². The fourth-order valence-electron chi connectivity index (χ4n) is 2.07. The molecule has 1 unspecified atom stereocenters. The summed E-state index contributed by atoms with van der Waals surface area (Å²) < 4.78 is 0. The number of carbonyl (C=O) groups is 2. The molecular formula is C11H18N2O2. The molecule has 2 rings (SSSR count). The van der Waals surface area contributed by atoms with Crippen LogP contribution in [0.4, 0.5) is 4.79 Å². The van der Waals surface area contributed by atoms with Crippen molar-refractivity contribution >= 4 is 11.9 Å². The summed E-state index contributed by atoms with van der Waals surface area (Å²) in [6, 6.07) is -0.0423. The lowest BCUT2D eigenvalue weighted by molar-refractivity contribution is -0.143. The highest BCUT2D eigenvalue weighted by Gasteiger charge is 2.46. The van der Waals surface area contributed by atoms with Crippen molar-refractivity contribution in [1.29, 1.82) is 0 Å². The molecule has 15 heavy (non-hydrogen) atoms. The van der Waals surface area contributed by atoms with E-state index in [4.69, 9.17) is 0 Å². The van der Waals surface area contributed by atoms with E-state index in [1.54, 1.807) is 0 Å². The van der Waals surface area contributed by atoms with Crippen LogP contribution in [0.5, 0.6) is 0 Å². The van der Waals surface area contributed by atoms with Crippen LogP contribution in [-0.4, -0.2) is 29.4 Å². The zero-order valence-electron chi connectivity index (χ0n) is 9.38. The molecule has 1 heterocycles. The van der Waals surface area contributed by atoms with Crippen LogP contribution in [0.2, 0.25) is 0 Å². The van der Waals surface area contributed by atoms with Crippen LogP contribution in [0.3, 0.4) is 0 Å². The van der Waals surface area contributed by atoms with E-state index in [0.29, 0.717) is 6.54 Å². The van der Waals surface area contributed by atoms with Crippen molar-refractivity contribution in [1.82, 2.24) is 10.2 Å². The SMILES string of the molecule is CCC1(C)CNC(=O)N(C2CCC2)C1=O. The lowest BCUT2D eigenvalue weighted by atomic mass is 9.81. The van der Waals surface area contributed by atoms with Gasteiger partial charge in [0.15, 0.2) is 0 Å². The predicted octanol–water partition coefficient (Wildman–Crippen LogP) is 1.51. The first kappa shape index (κ1) is 10.5. The van der Waals surface area contributed by atoms with Crippen molar-refractivity contribution in [3.63, 3.8) is 0 Å². The molecule has 0 aromatic carbocycles. The third-order valence-electron chi connectivity index (χ3n) is 3.80. The van der Waals surface area contributed by atoms with Gasteiger partial charge in [0.2, 0.25) is 5.91 Å². The minimum absolute atomic E-state index is 0.0125. The maximum Gasteiger partial charge on any atom is 0.324 e. The number of hydrogen-bond donors (Lipinski definition) is 1. The number of nitrogens with zero attached hydrogens (tertiary/aromatic N) is 1. The number of urea groups is 1. The van der Waals surface area contributed by atoms with E-state index in [0.717, 1.165) is 25.7 Å². The summed E-state index contributed by atoms with van der Waals surface area (Å²) in [5.74, 6) is 0.0125. The summed E-state index contributed by atoms with van der Waals surface area (Å²) in [4.78, 5) is 25.3. The Morgan fingerprint density at radius 1 is 1.47 bits per heavy atom. The fraction of sp³-hybridized carbons (Fsp3) is 0.818. The van der Waals surface area contributed by atoms with Gasteiger partial charge in [-0.1, -0.05) is 6.92 Å². The average molecular weight is 210 g/mol. The number of carbonyl (C=O) groups excluding carboxylic acids is 2. The van der Waals surface area contributed by atoms with E-state index in [1.807, 2.05) is 13.8 Å². The Morgan fingerprint density at radius 2 is 2.13 bits per heavy atom. The second-order valence-electron chi connectivity index (χ2n) is 4.83. The molecule has 1 aliphatic carbocycles. The molecule has 0 radical (unpaired) electrons. The molecular weight excluding hydrogens is 192 g/mol. The van der Waals surface area contributed by atoms with Crippen LogP contribution in [0.1, 0.15) is 39.5 Å². The molecule has 1 N–H and O–H groups in total. The highest BCUT2D eigenvalue weighted by Crippen LogP contribution is 2.33. The molecule has 84 valence electrons. The third kappa shape index (κ3) is 1.52. The molecule has 0 aromatic heterocycles. The van der Waals surface area contributed by atoms with Crippen LogP contribution in [0, 0.1) is 5.41 Å². The highest BCUT2D eigenvalue weighted by molar-refractivity contribution is 6.00. The molecule has 0 aromatic rings. The number of hydrogen-bond acceptors (Lipinski definition) is 2. The summed E-state index contributed by atoms with van der Waals surface area (Å²) >= 11 is 0. The maximum atomic E-state index is 12.2. The Hall–Kier alpha value is -1.06. The maximum absolute atomic E-state index is 12.2. The molecule has 1 saturated carbocycles. The van der Waals surface area contributed by atoms with Crippen molar-refractivity contribution in [3.8, 4) is 0 Å². The minimum atomic E-state index is -0.399. The van der Waals surface area contributed by atoms with Gasteiger partial charge in [0, 0.05) is 12.6 Å². The minimum Gasteiger partial charge on any atom is -0.337 e. The summed E-state index contributed by atoms with van der Waals surface area (Å²) in [5, 5.41) is 2.82. The van der Waals surface area contributed by atoms with Gasteiger partial charge in [0.05, 0.1) is 5.41 Å². The molecule has 1 saturated heterocycles. The zero-order valence-corrected chi connectivity index (χ0v) is 9.38. The van der Waals surface area contributed by atoms with Crippen molar-refractivity contribution < 1.29 is 9.59 Å². The third-order valence-corrected chi connectivity index (χ3v) is 3.80. The van der Waals surface area contributed by atoms with Crippen LogP contribution >= 0.6 is 0 Å². The number of nitrogens with one attached hydrogen (secondary N) is 1. The van der Waals surface area contributed by atoms with Crippen molar-refractivity contribution in [2.45, 2.75) is 45.6 Å². The molecule has 1 aliphatic heterocycles. The van der Waals surface area contributed by atoms with Gasteiger partial charge >= 0.3 is 6.03 Å². The van der Waals surface area contributed by atoms with Crippen molar-refractivity contribution in [2.24, 2.45) is 5.41 Å². The number of imide groups is 1. The molecule has 1 atom stereocenters. The van der Waals surface area contributed by atoms with Gasteiger partial charge < -0.3 is 5.32 Å². The monoisotopic (exact) mass is 210 g/mol. The predicted molar refractivity (Wildman–Crippen MR) is 56.3 cm³/mol. The van der Waals surface area contributed by atoms with Crippen LogP contribution in [0.25, 0.3) is 0 Å². The van der Waals surface area contributed by atoms with Crippen LogP contribution < -0.4 is 5.32 Å². The molecule has 0 bridgehead atoms. The Morgan fingerprint density at radius 3 is 2.60 bits per heavy atom. The average Bonchev–Trinajstić information content (AvgIpc) is 2.16. The second-order valence-corrected chi connectivity index (χ2v) is 4.83. The molecule has 4 nitrogen and oxygen atoms in total. The quantitative estimate of drug-likeness (QED) is 0.751. The standard InChI is InChI=1S/C11H18N2O2/c1-3-11(2)7-12-10(15)13(9(11)14)8-5-4-6-8/h8H,3-7H2,1-2H3,(H,12,15). The molecule has 0 spiro atoms. The first-order valence-corrected chi connectivity index (χ1v) is 5.70. The normalized spacial score (nSPS) is 32.5. The van der Waals surface area contributed by atoms with E-state index in [1.165, 1.54) is 4.90 Å². The van der Waals surface area contributed by atoms with Gasteiger partial charge in [-0.15, -0.1) is 0 Å². The van der Waals surface area contributed by atoms with Crippen LogP contribution in [-0.2, 0) is 4.79 Å². The van der Waals surface area contributed by atoms with E-state index in [2.05, 4.69) is 5.32 Å². The van der Waals surface area contributed by atoms with Gasteiger partial charge in [-0.25, -0.2) is 4.79 Å². The second kappa shape index (κ2) is 3.51. The topological polar surface area (TPSA) is 49.4 Å². The van der Waals surface area contributed by atoms with Gasteiger partial charge in [-0.2, -0.15) is 0 Å². The van der Waals surface area contributed by atoms with Crippen molar-refractivity contribution in [3.05, 3.63) is 0 Å². The van der Waals surface area contributed by atoms with Crippen LogP contribution in [0.15, 0.2) is 0 Å². The Kier molecular flexibility index (Phi) is 2.44. The fourth-order valence-corrected chi connectivity index (χ4v) is 2.07. The van der Waals surface area contributed by atoms with E-state index >= 15 is 0 Å². The van der Waals surface area contributed by atoms with Gasteiger partial charge in [0.1, 0.15) is 0 Å². The van der Waals surface area contributed by atoms with Gasteiger partial charge in [-0.3, -0.25) is 9.69 Å². The van der Waals surface area contributed by atoms with Gasteiger partial charge in [-0.05, 0) is 32.6 Å². The molecule has 4 heteroatoms. The highest BCUT2D eigenvalue weighted by atomic mass is 16.2. The zero-order chi connectivity index (χ0) is 11.1. The first-order valence-electron chi connectivity index (χ1n) is 5.70.